The van der Waals surface area contributed by atoms with Gasteiger partial charge in [-0.05, 0) is 31.4 Å². The van der Waals surface area contributed by atoms with Crippen LogP contribution in [0.5, 0.6) is 0 Å². The highest BCUT2D eigenvalue weighted by Gasteiger charge is 2.27. The van der Waals surface area contributed by atoms with E-state index in [1.165, 1.54) is 0 Å². The van der Waals surface area contributed by atoms with Crippen LogP contribution in [0.2, 0.25) is 0 Å². The van der Waals surface area contributed by atoms with Crippen molar-refractivity contribution in [2.24, 2.45) is 4.99 Å². The fourth-order valence-corrected chi connectivity index (χ4v) is 2.61. The highest BCUT2D eigenvalue weighted by Crippen LogP contribution is 2.16. The van der Waals surface area contributed by atoms with Gasteiger partial charge in [-0.15, -0.1) is 24.0 Å². The second-order valence-corrected chi connectivity index (χ2v) is 6.33. The minimum atomic E-state index is -4.31. The Morgan fingerprint density at radius 3 is 2.34 bits per heavy atom. The van der Waals surface area contributed by atoms with Gasteiger partial charge in [0, 0.05) is 25.7 Å². The average molecular weight is 526 g/mol. The van der Waals surface area contributed by atoms with Crippen molar-refractivity contribution in [3.63, 3.8) is 0 Å². The van der Waals surface area contributed by atoms with Crippen LogP contribution in [0, 0.1) is 13.8 Å². The molecule has 0 saturated carbocycles. The number of aromatic nitrogens is 1. The first-order chi connectivity index (χ1) is 13.3. The molecule has 0 fully saturated rings. The number of aliphatic imine (C=N–C) groups is 1. The zero-order valence-corrected chi connectivity index (χ0v) is 18.9. The molecule has 0 amide bonds. The summed E-state index contributed by atoms with van der Waals surface area (Å²) >= 11 is 0. The minimum Gasteiger partial charge on any atom is -0.367 e. The normalized spacial score (nSPS) is 11.9. The summed E-state index contributed by atoms with van der Waals surface area (Å²) in [6.45, 7) is 3.70. The topological polar surface area (TPSA) is 71.7 Å². The fourth-order valence-electron chi connectivity index (χ4n) is 2.61. The van der Waals surface area contributed by atoms with Gasteiger partial charge in [-0.25, -0.2) is 0 Å². The van der Waals surface area contributed by atoms with Crippen molar-refractivity contribution in [1.82, 2.24) is 15.8 Å². The van der Waals surface area contributed by atoms with Gasteiger partial charge in [-0.1, -0.05) is 29.4 Å². The van der Waals surface area contributed by atoms with Crippen LogP contribution in [0.4, 0.5) is 13.2 Å². The summed E-state index contributed by atoms with van der Waals surface area (Å²) < 4.78 is 46.0. The number of nitrogens with zero attached hydrogens (tertiary/aromatic N) is 2. The van der Waals surface area contributed by atoms with Crippen LogP contribution in [0.15, 0.2) is 33.8 Å². The Labute approximate surface area is 185 Å². The van der Waals surface area contributed by atoms with Crippen molar-refractivity contribution >= 4 is 29.9 Å². The lowest BCUT2D eigenvalue weighted by molar-refractivity contribution is -0.176. The van der Waals surface area contributed by atoms with Gasteiger partial charge >= 0.3 is 6.18 Å². The summed E-state index contributed by atoms with van der Waals surface area (Å²) in [5, 5.41) is 10.4. The number of ether oxygens (including phenoxy) is 1. The van der Waals surface area contributed by atoms with Crippen molar-refractivity contribution in [2.75, 3.05) is 20.2 Å². The summed E-state index contributed by atoms with van der Waals surface area (Å²) in [5.74, 6) is 1.48. The average Bonchev–Trinajstić information content (AvgIpc) is 2.96. The third-order valence-electron chi connectivity index (χ3n) is 4.09. The predicted octanol–water partition coefficient (Wildman–Crippen LogP) is 3.90. The van der Waals surface area contributed by atoms with E-state index in [0.717, 1.165) is 29.0 Å². The lowest BCUT2D eigenvalue weighted by Crippen LogP contribution is -2.37. The lowest BCUT2D eigenvalue weighted by atomic mass is 10.1. The van der Waals surface area contributed by atoms with Crippen molar-refractivity contribution in [1.29, 1.82) is 0 Å². The number of aryl methyl sites for hydroxylation is 2. The van der Waals surface area contributed by atoms with Crippen LogP contribution < -0.4 is 10.6 Å². The van der Waals surface area contributed by atoms with E-state index in [9.17, 15) is 13.2 Å². The second kappa shape index (κ2) is 12.0. The molecular formula is C19H26F3IN4O2. The molecule has 2 N–H and O–H groups in total. The number of hydrogen-bond acceptors (Lipinski definition) is 4. The first-order valence-electron chi connectivity index (χ1n) is 8.87. The van der Waals surface area contributed by atoms with Gasteiger partial charge in [0.15, 0.2) is 5.96 Å². The van der Waals surface area contributed by atoms with E-state index < -0.39 is 12.8 Å². The third kappa shape index (κ3) is 9.03. The Morgan fingerprint density at radius 1 is 1.14 bits per heavy atom. The molecule has 1 aromatic carbocycles. The van der Waals surface area contributed by atoms with Crippen molar-refractivity contribution in [2.45, 2.75) is 39.6 Å². The van der Waals surface area contributed by atoms with Crippen molar-refractivity contribution in [3.8, 4) is 0 Å². The van der Waals surface area contributed by atoms with Gasteiger partial charge in [-0.3, -0.25) is 4.99 Å². The Balaban J connectivity index is 0.00000420. The SMILES string of the molecule is CN=C(NCCc1c(C)noc1C)NCc1ccc(COCC(F)(F)F)cc1.I. The number of hydrogen-bond donors (Lipinski definition) is 2. The molecule has 29 heavy (non-hydrogen) atoms. The smallest absolute Gasteiger partial charge is 0.367 e. The molecule has 1 aromatic heterocycles. The Morgan fingerprint density at radius 2 is 1.79 bits per heavy atom. The molecule has 0 aliphatic rings. The van der Waals surface area contributed by atoms with E-state index in [2.05, 4.69) is 25.5 Å². The lowest BCUT2D eigenvalue weighted by Gasteiger charge is -2.12. The third-order valence-corrected chi connectivity index (χ3v) is 4.09. The van der Waals surface area contributed by atoms with E-state index in [1.54, 1.807) is 19.2 Å². The highest BCUT2D eigenvalue weighted by atomic mass is 127. The quantitative estimate of drug-likeness (QED) is 0.310. The maximum atomic E-state index is 12.1. The van der Waals surface area contributed by atoms with E-state index in [0.29, 0.717) is 24.6 Å². The predicted molar refractivity (Wildman–Crippen MR) is 115 cm³/mol. The molecule has 0 atom stereocenters. The molecule has 2 aromatic rings. The Kier molecular flexibility index (Phi) is 10.4. The van der Waals surface area contributed by atoms with Crippen LogP contribution in [0.25, 0.3) is 0 Å². The number of nitrogens with one attached hydrogen (secondary N) is 2. The fraction of sp³-hybridized carbons (Fsp3) is 0.474. The number of rotatable bonds is 8. The Hall–Kier alpha value is -1.82. The highest BCUT2D eigenvalue weighted by molar-refractivity contribution is 14.0. The molecular weight excluding hydrogens is 500 g/mol. The molecule has 10 heteroatoms. The molecule has 0 saturated heterocycles. The maximum absolute atomic E-state index is 12.1. The summed E-state index contributed by atoms with van der Waals surface area (Å²) in [7, 11) is 1.69. The van der Waals surface area contributed by atoms with Gasteiger partial charge in [0.25, 0.3) is 0 Å². The Bertz CT molecular complexity index is 757. The molecule has 0 bridgehead atoms. The molecule has 0 unspecified atom stereocenters. The number of alkyl halides is 3. The van der Waals surface area contributed by atoms with Crippen LogP contribution in [-0.4, -0.2) is 37.5 Å². The summed E-state index contributed by atoms with van der Waals surface area (Å²) in [6, 6.07) is 7.19. The molecule has 0 aliphatic carbocycles. The van der Waals surface area contributed by atoms with Gasteiger partial charge < -0.3 is 19.9 Å². The number of halogens is 4. The van der Waals surface area contributed by atoms with Gasteiger partial charge in [0.1, 0.15) is 12.4 Å². The van der Waals surface area contributed by atoms with Crippen molar-refractivity contribution < 1.29 is 22.4 Å². The first kappa shape index (κ1) is 25.2. The van der Waals surface area contributed by atoms with Crippen LogP contribution in [-0.2, 0) is 24.3 Å². The summed E-state index contributed by atoms with van der Waals surface area (Å²) in [5.41, 5.74) is 3.65. The minimum absolute atomic E-state index is 0. The molecule has 0 aliphatic heterocycles. The zero-order valence-electron chi connectivity index (χ0n) is 16.6. The molecule has 0 radical (unpaired) electrons. The van der Waals surface area contributed by atoms with Crippen molar-refractivity contribution in [3.05, 3.63) is 52.4 Å². The number of benzene rings is 1. The van der Waals surface area contributed by atoms with Crippen LogP contribution >= 0.6 is 24.0 Å². The van der Waals surface area contributed by atoms with Crippen LogP contribution in [0.1, 0.15) is 28.1 Å². The maximum Gasteiger partial charge on any atom is 0.411 e. The second-order valence-electron chi connectivity index (χ2n) is 6.33. The number of guanidine groups is 1. The van der Waals surface area contributed by atoms with E-state index >= 15 is 0 Å². The molecule has 162 valence electrons. The van der Waals surface area contributed by atoms with Gasteiger partial charge in [0.05, 0.1) is 12.3 Å². The van der Waals surface area contributed by atoms with E-state index in [-0.39, 0.29) is 30.6 Å². The molecule has 1 heterocycles. The molecule has 6 nitrogen and oxygen atoms in total. The molecule has 2 rings (SSSR count). The zero-order chi connectivity index (χ0) is 20.6. The molecule has 0 spiro atoms. The van der Waals surface area contributed by atoms with E-state index in [1.807, 2.05) is 26.0 Å². The standard InChI is InChI=1S/C19H25F3N4O2.HI/c1-13-17(14(2)28-26-13)8-9-24-18(23-3)25-10-15-4-6-16(7-5-15)11-27-12-19(20,21)22;/h4-7H,8-12H2,1-3H3,(H2,23,24,25);1H. The summed E-state index contributed by atoms with van der Waals surface area (Å²) in [4.78, 5) is 4.18. The van der Waals surface area contributed by atoms with E-state index in [4.69, 9.17) is 4.52 Å². The largest absolute Gasteiger partial charge is 0.411 e. The van der Waals surface area contributed by atoms with Gasteiger partial charge in [0.2, 0.25) is 0 Å². The first-order valence-corrected chi connectivity index (χ1v) is 8.87. The summed E-state index contributed by atoms with van der Waals surface area (Å²) in [6.07, 6.45) is -3.53. The van der Waals surface area contributed by atoms with Gasteiger partial charge in [-0.2, -0.15) is 13.2 Å². The van der Waals surface area contributed by atoms with Crippen LogP contribution in [0.3, 0.4) is 0 Å². The monoisotopic (exact) mass is 526 g/mol.